The van der Waals surface area contributed by atoms with Gasteiger partial charge in [-0.15, -0.1) is 0 Å². The van der Waals surface area contributed by atoms with Crippen molar-refractivity contribution in [2.75, 3.05) is 25.5 Å². The topological polar surface area (TPSA) is 117 Å². The summed E-state index contributed by atoms with van der Waals surface area (Å²) in [7, 11) is 1.60. The molecule has 0 aliphatic carbocycles. The molecule has 2 heterocycles. The second-order valence-electron chi connectivity index (χ2n) is 5.75. The van der Waals surface area contributed by atoms with E-state index in [-0.39, 0.29) is 25.5 Å². The second-order valence-corrected chi connectivity index (χ2v) is 5.75. The summed E-state index contributed by atoms with van der Waals surface area (Å²) in [6, 6.07) is 6.31. The van der Waals surface area contributed by atoms with E-state index in [1.54, 1.807) is 31.4 Å². The second kappa shape index (κ2) is 9.33. The largest absolute Gasteiger partial charge is 0.467 e. The first kappa shape index (κ1) is 19.1. The Morgan fingerprint density at radius 2 is 1.92 bits per heavy atom. The third kappa shape index (κ3) is 6.73. The van der Waals surface area contributed by atoms with E-state index in [4.69, 9.17) is 4.42 Å². The quantitative estimate of drug-likeness (QED) is 0.676. The maximum atomic E-state index is 11.9. The predicted molar refractivity (Wildman–Crippen MR) is 94.2 cm³/mol. The minimum Gasteiger partial charge on any atom is -0.467 e. The van der Waals surface area contributed by atoms with Gasteiger partial charge in [0, 0.05) is 6.20 Å². The monoisotopic (exact) mass is 359 g/mol. The molecule has 0 radical (unpaired) electrons. The Labute approximate surface area is 150 Å². The fraction of sp³-hybridized carbons (Fsp3) is 0.294. The number of rotatable bonds is 7. The number of hydrogen-bond donors (Lipinski definition) is 3. The van der Waals surface area contributed by atoms with Crippen LogP contribution in [0.4, 0.5) is 10.6 Å². The number of anilines is 1. The summed E-state index contributed by atoms with van der Waals surface area (Å²) in [5.74, 6) is 0.187. The van der Waals surface area contributed by atoms with Crippen molar-refractivity contribution in [2.45, 2.75) is 13.5 Å². The molecule has 2 aromatic rings. The lowest BCUT2D eigenvalue weighted by molar-refractivity contribution is -0.122. The molecule has 0 aromatic carbocycles. The number of carbonyl (C=O) groups is 3. The lowest BCUT2D eigenvalue weighted by Gasteiger charge is -2.15. The highest BCUT2D eigenvalue weighted by atomic mass is 16.3. The molecule has 0 aliphatic rings. The molecule has 4 amide bonds. The Bertz CT molecular complexity index is 743. The molecule has 0 fully saturated rings. The number of nitrogens with zero attached hydrogens (tertiary/aromatic N) is 2. The lowest BCUT2D eigenvalue weighted by atomic mass is 10.3. The fourth-order valence-corrected chi connectivity index (χ4v) is 2.06. The van der Waals surface area contributed by atoms with Gasteiger partial charge in [0.1, 0.15) is 11.6 Å². The molecule has 0 spiro atoms. The number of urea groups is 1. The highest BCUT2D eigenvalue weighted by molar-refractivity contribution is 5.96. The van der Waals surface area contributed by atoms with Crippen LogP contribution in [0.3, 0.4) is 0 Å². The normalized spacial score (nSPS) is 10.4. The van der Waals surface area contributed by atoms with Crippen LogP contribution in [0.2, 0.25) is 0 Å². The van der Waals surface area contributed by atoms with Crippen molar-refractivity contribution in [3.8, 4) is 0 Å². The molecule has 0 atom stereocenters. The molecule has 0 saturated heterocycles. The number of amides is 4. The van der Waals surface area contributed by atoms with E-state index in [9.17, 15) is 14.4 Å². The van der Waals surface area contributed by atoms with Gasteiger partial charge in [-0.2, -0.15) is 0 Å². The molecule has 138 valence electrons. The average molecular weight is 359 g/mol. The number of furan rings is 1. The van der Waals surface area contributed by atoms with Gasteiger partial charge >= 0.3 is 6.03 Å². The summed E-state index contributed by atoms with van der Waals surface area (Å²) in [4.78, 5) is 40.9. The van der Waals surface area contributed by atoms with E-state index in [0.29, 0.717) is 11.6 Å². The van der Waals surface area contributed by atoms with E-state index in [1.165, 1.54) is 11.2 Å². The van der Waals surface area contributed by atoms with Crippen LogP contribution in [0.15, 0.2) is 41.1 Å². The Morgan fingerprint density at radius 3 is 2.58 bits per heavy atom. The summed E-state index contributed by atoms with van der Waals surface area (Å²) < 4.78 is 5.07. The van der Waals surface area contributed by atoms with Gasteiger partial charge in [-0.1, -0.05) is 6.07 Å². The number of aromatic nitrogens is 1. The SMILES string of the molecule is Cc1ccc(NC(=O)CN(C)CC(=O)NC(=O)NCc2ccco2)nc1. The van der Waals surface area contributed by atoms with Gasteiger partial charge in [0.2, 0.25) is 11.8 Å². The van der Waals surface area contributed by atoms with Crippen LogP contribution in [0.25, 0.3) is 0 Å². The number of carbonyl (C=O) groups excluding carboxylic acids is 3. The maximum absolute atomic E-state index is 11.9. The van der Waals surface area contributed by atoms with Crippen molar-refractivity contribution in [1.82, 2.24) is 20.5 Å². The number of hydrogen-bond acceptors (Lipinski definition) is 6. The number of pyridine rings is 1. The van der Waals surface area contributed by atoms with Crippen molar-refractivity contribution in [2.24, 2.45) is 0 Å². The minimum absolute atomic E-state index is 0.0169. The molecule has 0 saturated carbocycles. The molecular weight excluding hydrogens is 338 g/mol. The molecule has 0 bridgehead atoms. The summed E-state index contributed by atoms with van der Waals surface area (Å²) in [5, 5.41) is 7.32. The smallest absolute Gasteiger partial charge is 0.321 e. The summed E-state index contributed by atoms with van der Waals surface area (Å²) >= 11 is 0. The Hall–Kier alpha value is -3.20. The zero-order valence-electron chi connectivity index (χ0n) is 14.6. The molecule has 26 heavy (non-hydrogen) atoms. The standard InChI is InChI=1S/C17H21N5O4/c1-12-5-6-14(18-8-12)20-15(23)10-22(2)11-16(24)21-17(25)19-9-13-4-3-7-26-13/h3-8H,9-11H2,1-2H3,(H,18,20,23)(H2,19,21,24,25). The van der Waals surface area contributed by atoms with Crippen LogP contribution in [0, 0.1) is 6.92 Å². The van der Waals surface area contributed by atoms with Crippen molar-refractivity contribution in [1.29, 1.82) is 0 Å². The lowest BCUT2D eigenvalue weighted by Crippen LogP contribution is -2.44. The molecule has 3 N–H and O–H groups in total. The van der Waals surface area contributed by atoms with Crippen LogP contribution in [-0.2, 0) is 16.1 Å². The highest BCUT2D eigenvalue weighted by Crippen LogP contribution is 2.03. The van der Waals surface area contributed by atoms with Crippen LogP contribution in [0.5, 0.6) is 0 Å². The molecule has 9 nitrogen and oxygen atoms in total. The fourth-order valence-electron chi connectivity index (χ4n) is 2.06. The average Bonchev–Trinajstić information content (AvgIpc) is 3.08. The third-order valence-electron chi connectivity index (χ3n) is 3.26. The van der Waals surface area contributed by atoms with Gasteiger partial charge in [0.25, 0.3) is 0 Å². The zero-order valence-corrected chi connectivity index (χ0v) is 14.6. The summed E-state index contributed by atoms with van der Waals surface area (Å²) in [5.41, 5.74) is 0.988. The van der Waals surface area contributed by atoms with Gasteiger partial charge in [-0.25, -0.2) is 9.78 Å². The van der Waals surface area contributed by atoms with Crippen LogP contribution >= 0.6 is 0 Å². The number of nitrogens with one attached hydrogen (secondary N) is 3. The van der Waals surface area contributed by atoms with Crippen molar-refractivity contribution in [3.63, 3.8) is 0 Å². The van der Waals surface area contributed by atoms with Crippen molar-refractivity contribution < 1.29 is 18.8 Å². The van der Waals surface area contributed by atoms with Crippen LogP contribution < -0.4 is 16.0 Å². The summed E-state index contributed by atoms with van der Waals surface area (Å²) in [6.45, 7) is 1.95. The van der Waals surface area contributed by atoms with Gasteiger partial charge in [0.05, 0.1) is 25.9 Å². The van der Waals surface area contributed by atoms with Crippen LogP contribution in [-0.4, -0.2) is 47.9 Å². The minimum atomic E-state index is -0.631. The number of likely N-dealkylation sites (N-methyl/N-ethyl adjacent to an activating group) is 1. The van der Waals surface area contributed by atoms with E-state index in [0.717, 1.165) is 5.56 Å². The van der Waals surface area contributed by atoms with Gasteiger partial charge in [-0.05, 0) is 37.7 Å². The first-order valence-electron chi connectivity index (χ1n) is 7.93. The third-order valence-corrected chi connectivity index (χ3v) is 3.26. The Balaban J connectivity index is 1.68. The van der Waals surface area contributed by atoms with Gasteiger partial charge in [-0.3, -0.25) is 19.8 Å². The van der Waals surface area contributed by atoms with E-state index < -0.39 is 11.9 Å². The Morgan fingerprint density at radius 1 is 1.15 bits per heavy atom. The molecular formula is C17H21N5O4. The molecule has 0 unspecified atom stereocenters. The molecule has 9 heteroatoms. The Kier molecular flexibility index (Phi) is 6.86. The van der Waals surface area contributed by atoms with E-state index in [2.05, 4.69) is 20.9 Å². The summed E-state index contributed by atoms with van der Waals surface area (Å²) in [6.07, 6.45) is 3.14. The predicted octanol–water partition coefficient (Wildman–Crippen LogP) is 0.879. The molecule has 2 aromatic heterocycles. The van der Waals surface area contributed by atoms with E-state index in [1.807, 2.05) is 13.0 Å². The van der Waals surface area contributed by atoms with Gasteiger partial charge < -0.3 is 15.1 Å². The molecule has 2 rings (SSSR count). The first-order chi connectivity index (χ1) is 12.4. The first-order valence-corrected chi connectivity index (χ1v) is 7.93. The number of imide groups is 1. The van der Waals surface area contributed by atoms with E-state index >= 15 is 0 Å². The van der Waals surface area contributed by atoms with Crippen LogP contribution in [0.1, 0.15) is 11.3 Å². The molecule has 0 aliphatic heterocycles. The maximum Gasteiger partial charge on any atom is 0.321 e. The van der Waals surface area contributed by atoms with Crippen molar-refractivity contribution in [3.05, 3.63) is 48.0 Å². The highest BCUT2D eigenvalue weighted by Gasteiger charge is 2.13. The number of aryl methyl sites for hydroxylation is 1. The van der Waals surface area contributed by atoms with Crippen molar-refractivity contribution >= 4 is 23.7 Å². The van der Waals surface area contributed by atoms with Gasteiger partial charge in [0.15, 0.2) is 0 Å². The zero-order chi connectivity index (χ0) is 18.9.